The fourth-order valence-electron chi connectivity index (χ4n) is 6.67. The number of benzene rings is 1. The van der Waals surface area contributed by atoms with Gasteiger partial charge in [0, 0.05) is 57.2 Å². The van der Waals surface area contributed by atoms with Crippen molar-refractivity contribution in [2.75, 3.05) is 57.4 Å². The normalized spacial score (nSPS) is 14.0. The van der Waals surface area contributed by atoms with Crippen molar-refractivity contribution < 1.29 is 14.3 Å². The first kappa shape index (κ1) is 42.5. The Morgan fingerprint density at radius 3 is 1.56 bits per heavy atom. The third-order valence-corrected chi connectivity index (χ3v) is 9.90. The van der Waals surface area contributed by atoms with Crippen LogP contribution in [0, 0.1) is 0 Å². The predicted octanol–water partition coefficient (Wildman–Crippen LogP) is 10.6. The highest BCUT2D eigenvalue weighted by atomic mass is 16.5. The number of anilines is 1. The maximum atomic E-state index is 13.0. The van der Waals surface area contributed by atoms with Gasteiger partial charge in [0.1, 0.15) is 0 Å². The molecule has 0 radical (unpaired) electrons. The van der Waals surface area contributed by atoms with Crippen molar-refractivity contribution in [2.24, 2.45) is 0 Å². The number of nitrogens with zero attached hydrogens (tertiary/aromatic N) is 1. The van der Waals surface area contributed by atoms with Crippen LogP contribution in [0.5, 0.6) is 0 Å². The Balaban J connectivity index is 1.61. The lowest BCUT2D eigenvalue weighted by atomic mass is 10.1. The Morgan fingerprint density at radius 1 is 0.646 bits per heavy atom. The first-order valence-electron chi connectivity index (χ1n) is 20.8. The zero-order valence-electron chi connectivity index (χ0n) is 31.7. The molecule has 1 fully saturated rings. The number of rotatable bonds is 33. The van der Waals surface area contributed by atoms with Crippen LogP contribution in [0.3, 0.4) is 0 Å². The molecule has 1 saturated heterocycles. The molecule has 48 heavy (non-hydrogen) atoms. The summed E-state index contributed by atoms with van der Waals surface area (Å²) < 4.78 is 12.4. The van der Waals surface area contributed by atoms with E-state index in [1.807, 2.05) is 12.1 Å². The number of unbranched alkanes of at least 4 members (excludes halogenated alkanes) is 22. The quantitative estimate of drug-likeness (QED) is 0.0728. The average molecular weight is 672 g/mol. The van der Waals surface area contributed by atoms with Gasteiger partial charge in [0.25, 0.3) is 5.91 Å². The fraction of sp³-hybridized carbons (Fsp3) is 0.833. The van der Waals surface area contributed by atoms with Crippen LogP contribution in [0.4, 0.5) is 5.69 Å². The zero-order chi connectivity index (χ0) is 34.2. The summed E-state index contributed by atoms with van der Waals surface area (Å²) in [5, 5.41) is 6.52. The van der Waals surface area contributed by atoms with Gasteiger partial charge in [-0.2, -0.15) is 0 Å². The van der Waals surface area contributed by atoms with Gasteiger partial charge < -0.3 is 25.0 Å². The maximum absolute atomic E-state index is 13.0. The summed E-state index contributed by atoms with van der Waals surface area (Å²) >= 11 is 0. The van der Waals surface area contributed by atoms with Gasteiger partial charge in [-0.25, -0.2) is 0 Å². The van der Waals surface area contributed by atoms with E-state index in [2.05, 4.69) is 41.5 Å². The van der Waals surface area contributed by atoms with Crippen LogP contribution in [0.25, 0.3) is 0 Å². The molecule has 6 nitrogen and oxygen atoms in total. The second-order valence-corrected chi connectivity index (χ2v) is 14.3. The predicted molar refractivity (Wildman–Crippen MR) is 207 cm³/mol. The number of carbonyl (C=O) groups is 1. The van der Waals surface area contributed by atoms with E-state index in [9.17, 15) is 4.79 Å². The zero-order valence-corrected chi connectivity index (χ0v) is 31.7. The van der Waals surface area contributed by atoms with Crippen molar-refractivity contribution in [3.8, 4) is 0 Å². The molecule has 1 aliphatic heterocycles. The molecule has 0 bridgehead atoms. The number of hydrogen-bond acceptors (Lipinski definition) is 5. The van der Waals surface area contributed by atoms with Crippen molar-refractivity contribution in [1.82, 2.24) is 10.6 Å². The summed E-state index contributed by atoms with van der Waals surface area (Å²) in [5.74, 6) is -0.0400. The summed E-state index contributed by atoms with van der Waals surface area (Å²) in [4.78, 5) is 15.4. The number of piperazine rings is 1. The molecule has 1 heterocycles. The monoisotopic (exact) mass is 672 g/mol. The van der Waals surface area contributed by atoms with Gasteiger partial charge >= 0.3 is 0 Å². The molecule has 6 heteroatoms. The molecular formula is C42H77N3O3. The molecule has 0 saturated carbocycles. The SMILES string of the molecule is CCCCCCCCCCCCCCOCC(CNC(=O)c1ccc(N2CCNCC2)cc1)OCCCCCCCCCCCCCC. The molecule has 1 aromatic rings. The molecule has 0 aliphatic carbocycles. The van der Waals surface area contributed by atoms with Crippen LogP contribution in [0.15, 0.2) is 24.3 Å². The second kappa shape index (κ2) is 31.4. The minimum absolute atomic E-state index is 0.0400. The number of carbonyl (C=O) groups excluding carboxylic acids is 1. The molecule has 2 N–H and O–H groups in total. The molecule has 1 unspecified atom stereocenters. The summed E-state index contributed by atoms with van der Waals surface area (Å²) in [6, 6.07) is 8.03. The highest BCUT2D eigenvalue weighted by molar-refractivity contribution is 5.94. The molecule has 0 spiro atoms. The minimum atomic E-state index is -0.112. The first-order valence-corrected chi connectivity index (χ1v) is 20.8. The van der Waals surface area contributed by atoms with E-state index in [1.165, 1.54) is 147 Å². The Morgan fingerprint density at radius 2 is 1.08 bits per heavy atom. The van der Waals surface area contributed by atoms with Gasteiger partial charge in [0.2, 0.25) is 0 Å². The van der Waals surface area contributed by atoms with Crippen molar-refractivity contribution in [3.63, 3.8) is 0 Å². The number of nitrogens with one attached hydrogen (secondary N) is 2. The lowest BCUT2D eigenvalue weighted by Gasteiger charge is -2.29. The van der Waals surface area contributed by atoms with E-state index in [1.54, 1.807) is 0 Å². The van der Waals surface area contributed by atoms with Gasteiger partial charge in [-0.05, 0) is 37.1 Å². The lowest BCUT2D eigenvalue weighted by Crippen LogP contribution is -2.43. The largest absolute Gasteiger partial charge is 0.379 e. The van der Waals surface area contributed by atoms with Crippen LogP contribution in [-0.4, -0.2) is 64.6 Å². The van der Waals surface area contributed by atoms with Gasteiger partial charge in [-0.1, -0.05) is 155 Å². The molecule has 0 aromatic heterocycles. The molecule has 2 rings (SSSR count). The van der Waals surface area contributed by atoms with Crippen LogP contribution in [0.1, 0.15) is 178 Å². The number of amides is 1. The van der Waals surface area contributed by atoms with Gasteiger partial charge in [-0.15, -0.1) is 0 Å². The van der Waals surface area contributed by atoms with Gasteiger partial charge in [0.05, 0.1) is 12.7 Å². The molecule has 1 aromatic carbocycles. The van der Waals surface area contributed by atoms with Crippen molar-refractivity contribution >= 4 is 11.6 Å². The van der Waals surface area contributed by atoms with Gasteiger partial charge in [-0.3, -0.25) is 4.79 Å². The summed E-state index contributed by atoms with van der Waals surface area (Å²) in [7, 11) is 0. The third-order valence-electron chi connectivity index (χ3n) is 9.90. The second-order valence-electron chi connectivity index (χ2n) is 14.3. The van der Waals surface area contributed by atoms with Crippen LogP contribution in [0.2, 0.25) is 0 Å². The van der Waals surface area contributed by atoms with Crippen molar-refractivity contribution in [2.45, 2.75) is 174 Å². The maximum Gasteiger partial charge on any atom is 0.251 e. The third kappa shape index (κ3) is 22.9. The molecule has 1 aliphatic rings. The lowest BCUT2D eigenvalue weighted by molar-refractivity contribution is -0.0170. The molecule has 278 valence electrons. The van der Waals surface area contributed by atoms with Crippen LogP contribution < -0.4 is 15.5 Å². The Kier molecular flexibility index (Phi) is 27.8. The standard InChI is InChI=1S/C42H77N3O3/c1-3-5-7-9-11-13-15-17-19-21-23-25-35-47-38-41(48-36-26-24-22-20-18-16-14-12-10-8-6-4-2)37-44-42(46)39-27-29-40(30-28-39)45-33-31-43-32-34-45/h27-30,41,43H,3-26,31-38H2,1-2H3,(H,44,46). The Labute approximate surface area is 297 Å². The highest BCUT2D eigenvalue weighted by Crippen LogP contribution is 2.17. The summed E-state index contributed by atoms with van der Waals surface area (Å²) in [6.45, 7) is 11.1. The van der Waals surface area contributed by atoms with Crippen LogP contribution in [-0.2, 0) is 9.47 Å². The van der Waals surface area contributed by atoms with Crippen molar-refractivity contribution in [1.29, 1.82) is 0 Å². The van der Waals surface area contributed by atoms with Crippen molar-refractivity contribution in [3.05, 3.63) is 29.8 Å². The minimum Gasteiger partial charge on any atom is -0.379 e. The number of hydrogen-bond donors (Lipinski definition) is 2. The Hall–Kier alpha value is -1.63. The molecule has 1 amide bonds. The van der Waals surface area contributed by atoms with Gasteiger partial charge in [0.15, 0.2) is 0 Å². The highest BCUT2D eigenvalue weighted by Gasteiger charge is 2.15. The fourth-order valence-corrected chi connectivity index (χ4v) is 6.67. The van der Waals surface area contributed by atoms with E-state index in [0.717, 1.165) is 52.2 Å². The van der Waals surface area contributed by atoms with E-state index < -0.39 is 0 Å². The van der Waals surface area contributed by atoms with E-state index in [4.69, 9.17) is 9.47 Å². The summed E-state index contributed by atoms with van der Waals surface area (Å²) in [5.41, 5.74) is 1.88. The van der Waals surface area contributed by atoms with E-state index in [-0.39, 0.29) is 12.0 Å². The molecule has 1 atom stereocenters. The number of ether oxygens (including phenoxy) is 2. The average Bonchev–Trinajstić information content (AvgIpc) is 3.12. The molecular weight excluding hydrogens is 594 g/mol. The van der Waals surface area contributed by atoms with Crippen LogP contribution >= 0.6 is 0 Å². The van der Waals surface area contributed by atoms with E-state index in [0.29, 0.717) is 18.7 Å². The Bertz CT molecular complexity index is 843. The first-order chi connectivity index (χ1) is 23.7. The van der Waals surface area contributed by atoms with E-state index >= 15 is 0 Å². The summed E-state index contributed by atoms with van der Waals surface area (Å²) in [6.07, 6.45) is 32.1. The topological polar surface area (TPSA) is 62.8 Å². The smallest absolute Gasteiger partial charge is 0.251 e.